The molecule has 146 valence electrons. The SMILES string of the molecule is COc1ccccc1C(=O)CSc1nnc(NCCC[NH+]2CCOCC2)s1. The third kappa shape index (κ3) is 6.17. The van der Waals surface area contributed by atoms with Crippen molar-refractivity contribution in [2.75, 3.05) is 57.6 Å². The molecule has 0 spiro atoms. The van der Waals surface area contributed by atoms with Crippen LogP contribution in [0.1, 0.15) is 16.8 Å². The van der Waals surface area contributed by atoms with Crippen LogP contribution in [0, 0.1) is 0 Å². The fourth-order valence-electron chi connectivity index (χ4n) is 2.86. The van der Waals surface area contributed by atoms with Gasteiger partial charge in [-0.25, -0.2) is 0 Å². The Hall–Kier alpha value is -1.68. The Labute approximate surface area is 167 Å². The average Bonchev–Trinajstić information content (AvgIpc) is 3.18. The number of hydrogen-bond donors (Lipinski definition) is 2. The highest BCUT2D eigenvalue weighted by molar-refractivity contribution is 8.01. The molecule has 7 nitrogen and oxygen atoms in total. The molecule has 0 aliphatic carbocycles. The Bertz CT molecular complexity index is 735. The number of benzene rings is 1. The first-order valence-corrected chi connectivity index (χ1v) is 10.8. The molecule has 1 saturated heterocycles. The van der Waals surface area contributed by atoms with Crippen molar-refractivity contribution in [1.29, 1.82) is 0 Å². The number of quaternary nitrogens is 1. The molecule has 0 saturated carbocycles. The number of aromatic nitrogens is 2. The van der Waals surface area contributed by atoms with Crippen LogP contribution in [0.2, 0.25) is 0 Å². The molecule has 0 radical (unpaired) electrons. The molecule has 0 atom stereocenters. The second kappa shape index (κ2) is 10.6. The van der Waals surface area contributed by atoms with E-state index in [0.717, 1.165) is 55.3 Å². The van der Waals surface area contributed by atoms with Crippen molar-refractivity contribution in [2.45, 2.75) is 10.8 Å². The van der Waals surface area contributed by atoms with Crippen LogP contribution in [0.3, 0.4) is 0 Å². The molecule has 0 bridgehead atoms. The number of methoxy groups -OCH3 is 1. The van der Waals surface area contributed by atoms with Gasteiger partial charge in [-0.2, -0.15) is 0 Å². The van der Waals surface area contributed by atoms with E-state index in [1.54, 1.807) is 24.1 Å². The Morgan fingerprint density at radius 1 is 1.33 bits per heavy atom. The van der Waals surface area contributed by atoms with Crippen molar-refractivity contribution in [3.63, 3.8) is 0 Å². The molecule has 3 rings (SSSR count). The van der Waals surface area contributed by atoms with Gasteiger partial charge in [0.25, 0.3) is 0 Å². The second-order valence-corrected chi connectivity index (χ2v) is 8.38. The van der Waals surface area contributed by atoms with E-state index in [4.69, 9.17) is 9.47 Å². The summed E-state index contributed by atoms with van der Waals surface area (Å²) in [5.41, 5.74) is 0.598. The number of ether oxygens (including phenoxy) is 2. The van der Waals surface area contributed by atoms with Gasteiger partial charge in [-0.1, -0.05) is 35.2 Å². The van der Waals surface area contributed by atoms with Gasteiger partial charge in [0, 0.05) is 13.0 Å². The standard InChI is InChI=1S/C18H24N4O3S2/c1-24-16-6-3-2-5-14(16)15(23)13-26-18-21-20-17(27-18)19-7-4-8-22-9-11-25-12-10-22/h2-3,5-6H,4,7-13H2,1H3,(H,19,20)/p+1. The molecule has 1 aliphatic rings. The van der Waals surface area contributed by atoms with Crippen molar-refractivity contribution < 1.29 is 19.2 Å². The molecule has 27 heavy (non-hydrogen) atoms. The Morgan fingerprint density at radius 2 is 2.15 bits per heavy atom. The summed E-state index contributed by atoms with van der Waals surface area (Å²) >= 11 is 2.89. The highest BCUT2D eigenvalue weighted by atomic mass is 32.2. The molecular weight excluding hydrogens is 384 g/mol. The summed E-state index contributed by atoms with van der Waals surface area (Å²) in [5.74, 6) is 0.941. The Balaban J connectivity index is 1.39. The lowest BCUT2D eigenvalue weighted by atomic mass is 10.1. The van der Waals surface area contributed by atoms with Gasteiger partial charge >= 0.3 is 0 Å². The zero-order valence-electron chi connectivity index (χ0n) is 15.4. The molecule has 0 amide bonds. The second-order valence-electron chi connectivity index (χ2n) is 6.18. The van der Waals surface area contributed by atoms with Gasteiger partial charge in [0.05, 0.1) is 38.2 Å². The van der Waals surface area contributed by atoms with Gasteiger partial charge in [-0.05, 0) is 12.1 Å². The number of nitrogens with one attached hydrogen (secondary N) is 2. The molecule has 0 unspecified atom stereocenters. The summed E-state index contributed by atoms with van der Waals surface area (Å²) in [5, 5.41) is 12.4. The quantitative estimate of drug-likeness (QED) is 0.347. The number of carbonyl (C=O) groups excluding carboxylic acids is 1. The zero-order chi connectivity index (χ0) is 18.9. The smallest absolute Gasteiger partial charge is 0.206 e. The lowest BCUT2D eigenvalue weighted by Gasteiger charge is -2.23. The lowest BCUT2D eigenvalue weighted by Crippen LogP contribution is -3.14. The lowest BCUT2D eigenvalue weighted by molar-refractivity contribution is -0.908. The van der Waals surface area contributed by atoms with Crippen LogP contribution in [-0.2, 0) is 4.74 Å². The number of hydrogen-bond acceptors (Lipinski definition) is 8. The van der Waals surface area contributed by atoms with Crippen molar-refractivity contribution in [3.8, 4) is 5.75 Å². The molecular formula is C18H25N4O3S2+. The molecule has 9 heteroatoms. The average molecular weight is 410 g/mol. The van der Waals surface area contributed by atoms with Crippen molar-refractivity contribution in [2.24, 2.45) is 0 Å². The van der Waals surface area contributed by atoms with Crippen molar-refractivity contribution in [1.82, 2.24) is 10.2 Å². The van der Waals surface area contributed by atoms with Crippen LogP contribution in [0.15, 0.2) is 28.6 Å². The van der Waals surface area contributed by atoms with Gasteiger partial charge in [-0.3, -0.25) is 4.79 Å². The Morgan fingerprint density at radius 3 is 2.96 bits per heavy atom. The first kappa shape index (κ1) is 20.1. The van der Waals surface area contributed by atoms with E-state index in [0.29, 0.717) is 17.1 Å². The number of para-hydroxylation sites is 1. The highest BCUT2D eigenvalue weighted by Crippen LogP contribution is 2.27. The maximum absolute atomic E-state index is 12.4. The summed E-state index contributed by atoms with van der Waals surface area (Å²) in [6, 6.07) is 7.27. The van der Waals surface area contributed by atoms with Crippen LogP contribution in [0.25, 0.3) is 0 Å². The molecule has 1 aromatic carbocycles. The normalized spacial score (nSPS) is 14.9. The third-order valence-corrected chi connectivity index (χ3v) is 6.34. The minimum atomic E-state index is 0.0237. The van der Waals surface area contributed by atoms with E-state index >= 15 is 0 Å². The van der Waals surface area contributed by atoms with E-state index in [-0.39, 0.29) is 5.78 Å². The fourth-order valence-corrected chi connectivity index (χ4v) is 4.52. The third-order valence-electron chi connectivity index (χ3n) is 4.32. The predicted octanol–water partition coefficient (Wildman–Crippen LogP) is 1.24. The summed E-state index contributed by atoms with van der Waals surface area (Å²) in [7, 11) is 1.57. The van der Waals surface area contributed by atoms with Crippen LogP contribution in [0.4, 0.5) is 5.13 Å². The molecule has 2 N–H and O–H groups in total. The fraction of sp³-hybridized carbons (Fsp3) is 0.500. The molecule has 2 aromatic rings. The van der Waals surface area contributed by atoms with Crippen molar-refractivity contribution in [3.05, 3.63) is 29.8 Å². The van der Waals surface area contributed by atoms with Gasteiger partial charge < -0.3 is 19.7 Å². The Kier molecular flexibility index (Phi) is 7.88. The number of morpholine rings is 1. The summed E-state index contributed by atoms with van der Waals surface area (Å²) < 4.78 is 11.4. The van der Waals surface area contributed by atoms with E-state index in [1.165, 1.54) is 23.1 Å². The van der Waals surface area contributed by atoms with E-state index in [9.17, 15) is 4.79 Å². The van der Waals surface area contributed by atoms with Gasteiger partial charge in [0.15, 0.2) is 10.1 Å². The van der Waals surface area contributed by atoms with Crippen LogP contribution in [-0.4, -0.2) is 68.2 Å². The molecule has 2 heterocycles. The number of ketones is 1. The number of Topliss-reactive ketones (excluding diaryl/α,β-unsaturated/α-hetero) is 1. The minimum Gasteiger partial charge on any atom is -0.496 e. The molecule has 1 fully saturated rings. The first-order chi connectivity index (χ1) is 13.3. The first-order valence-electron chi connectivity index (χ1n) is 9.04. The van der Waals surface area contributed by atoms with Crippen LogP contribution in [0.5, 0.6) is 5.75 Å². The maximum atomic E-state index is 12.4. The summed E-state index contributed by atoms with van der Waals surface area (Å²) in [4.78, 5) is 14.0. The number of anilines is 1. The largest absolute Gasteiger partial charge is 0.496 e. The van der Waals surface area contributed by atoms with Crippen LogP contribution >= 0.6 is 23.1 Å². The number of carbonyl (C=O) groups is 1. The maximum Gasteiger partial charge on any atom is 0.206 e. The van der Waals surface area contributed by atoms with Gasteiger partial charge in [0.2, 0.25) is 5.13 Å². The number of thioether (sulfide) groups is 1. The number of nitrogens with zero attached hydrogens (tertiary/aromatic N) is 2. The molecule has 1 aliphatic heterocycles. The highest BCUT2D eigenvalue weighted by Gasteiger charge is 2.15. The van der Waals surface area contributed by atoms with E-state index in [1.807, 2.05) is 12.1 Å². The van der Waals surface area contributed by atoms with E-state index < -0.39 is 0 Å². The van der Waals surface area contributed by atoms with Crippen LogP contribution < -0.4 is 15.0 Å². The minimum absolute atomic E-state index is 0.0237. The number of rotatable bonds is 10. The zero-order valence-corrected chi connectivity index (χ0v) is 17.0. The monoisotopic (exact) mass is 409 g/mol. The summed E-state index contributed by atoms with van der Waals surface area (Å²) in [6.07, 6.45) is 1.09. The van der Waals surface area contributed by atoms with Gasteiger partial charge in [-0.15, -0.1) is 10.2 Å². The molecule has 1 aromatic heterocycles. The summed E-state index contributed by atoms with van der Waals surface area (Å²) in [6.45, 7) is 5.95. The van der Waals surface area contributed by atoms with Crippen molar-refractivity contribution >= 4 is 34.0 Å². The predicted molar refractivity (Wildman–Crippen MR) is 107 cm³/mol. The topological polar surface area (TPSA) is 77.8 Å². The van der Waals surface area contributed by atoms with Gasteiger partial charge in [0.1, 0.15) is 18.8 Å². The van der Waals surface area contributed by atoms with E-state index in [2.05, 4.69) is 15.5 Å².